The molecule has 0 spiro atoms. The molecular weight excluding hydrogens is 422 g/mol. The molecule has 31 heavy (non-hydrogen) atoms. The van der Waals surface area contributed by atoms with E-state index in [0.717, 1.165) is 4.57 Å². The van der Waals surface area contributed by atoms with Crippen LogP contribution in [0.5, 0.6) is 5.75 Å². The molecule has 1 N–H and O–H groups in total. The van der Waals surface area contributed by atoms with Crippen LogP contribution in [0.15, 0.2) is 39.9 Å². The summed E-state index contributed by atoms with van der Waals surface area (Å²) in [7, 11) is -0.433. The number of rotatable bonds is 6. The van der Waals surface area contributed by atoms with Crippen molar-refractivity contribution >= 4 is 21.2 Å². The van der Waals surface area contributed by atoms with Crippen LogP contribution in [0.2, 0.25) is 0 Å². The van der Waals surface area contributed by atoms with Crippen molar-refractivity contribution in [3.63, 3.8) is 0 Å². The third kappa shape index (κ3) is 4.15. The second-order valence-corrected chi connectivity index (χ2v) is 9.77. The number of H-pyrrole nitrogens is 1. The number of para-hydroxylation sites is 1. The minimum Gasteiger partial charge on any atom is -0.492 e. The zero-order chi connectivity index (χ0) is 22.2. The van der Waals surface area contributed by atoms with Gasteiger partial charge in [0.15, 0.2) is 5.65 Å². The van der Waals surface area contributed by atoms with Crippen LogP contribution in [0.1, 0.15) is 24.6 Å². The van der Waals surface area contributed by atoms with Crippen molar-refractivity contribution in [2.24, 2.45) is 14.1 Å². The second-order valence-electron chi connectivity index (χ2n) is 7.68. The van der Waals surface area contributed by atoms with E-state index in [0.29, 0.717) is 43.2 Å². The quantitative estimate of drug-likeness (QED) is 0.589. The number of hydrogen-bond donors (Lipinski definition) is 1. The van der Waals surface area contributed by atoms with Gasteiger partial charge < -0.3 is 9.72 Å². The van der Waals surface area contributed by atoms with Crippen molar-refractivity contribution in [3.8, 4) is 5.75 Å². The Morgan fingerprint density at radius 3 is 2.45 bits per heavy atom. The van der Waals surface area contributed by atoms with Crippen molar-refractivity contribution < 1.29 is 13.2 Å². The van der Waals surface area contributed by atoms with Crippen molar-refractivity contribution in [2.75, 3.05) is 25.4 Å². The first-order valence-electron chi connectivity index (χ1n) is 10.1. The van der Waals surface area contributed by atoms with Crippen molar-refractivity contribution in [1.29, 1.82) is 0 Å². The molecule has 0 aliphatic carbocycles. The first-order valence-corrected chi connectivity index (χ1v) is 11.7. The van der Waals surface area contributed by atoms with Gasteiger partial charge in [-0.05, 0) is 25.0 Å². The summed E-state index contributed by atoms with van der Waals surface area (Å²) < 4.78 is 34.7. The molecule has 1 aromatic carbocycles. The van der Waals surface area contributed by atoms with Crippen LogP contribution in [0.3, 0.4) is 0 Å². The topological polar surface area (TPSA) is 119 Å². The van der Waals surface area contributed by atoms with Crippen molar-refractivity contribution in [2.45, 2.75) is 18.8 Å². The molecule has 1 fully saturated rings. The highest BCUT2D eigenvalue weighted by Gasteiger charge is 2.30. The number of hydrogen-bond acceptors (Lipinski definition) is 6. The number of aromatic nitrogens is 4. The van der Waals surface area contributed by atoms with Gasteiger partial charge in [-0.2, -0.15) is 0 Å². The number of nitrogens with zero attached hydrogens (tertiary/aromatic N) is 4. The number of benzene rings is 1. The highest BCUT2D eigenvalue weighted by Crippen LogP contribution is 2.28. The van der Waals surface area contributed by atoms with E-state index in [-0.39, 0.29) is 23.8 Å². The molecule has 0 amide bonds. The molecule has 2 aromatic heterocycles. The smallest absolute Gasteiger partial charge is 0.332 e. The SMILES string of the molecule is Cn1c(=O)c2[nH]c(C3CCN(S(=O)(=O)CCOc4ccccc4)CC3)nc2n(C)c1=O. The van der Waals surface area contributed by atoms with Crippen LogP contribution < -0.4 is 16.0 Å². The maximum absolute atomic E-state index is 12.7. The number of piperidine rings is 1. The zero-order valence-corrected chi connectivity index (χ0v) is 18.3. The number of sulfonamides is 1. The van der Waals surface area contributed by atoms with E-state index < -0.39 is 21.3 Å². The second kappa shape index (κ2) is 8.31. The van der Waals surface area contributed by atoms with Gasteiger partial charge in [0.2, 0.25) is 10.0 Å². The fraction of sp³-hybridized carbons (Fsp3) is 0.450. The number of imidazole rings is 1. The maximum Gasteiger partial charge on any atom is 0.332 e. The van der Waals surface area contributed by atoms with Gasteiger partial charge in [0.1, 0.15) is 23.7 Å². The third-order valence-corrected chi connectivity index (χ3v) is 7.53. The molecule has 1 aliphatic heterocycles. The van der Waals surface area contributed by atoms with E-state index in [4.69, 9.17) is 4.74 Å². The molecular formula is C20H25N5O5S. The minimum absolute atomic E-state index is 0.0146. The Kier molecular flexibility index (Phi) is 5.71. The molecule has 0 bridgehead atoms. The number of fused-ring (bicyclic) bond motifs is 1. The highest BCUT2D eigenvalue weighted by molar-refractivity contribution is 7.89. The Morgan fingerprint density at radius 1 is 1.10 bits per heavy atom. The Labute approximate surface area is 179 Å². The monoisotopic (exact) mass is 447 g/mol. The molecule has 0 atom stereocenters. The molecule has 1 aliphatic rings. The molecule has 11 heteroatoms. The summed E-state index contributed by atoms with van der Waals surface area (Å²) in [6, 6.07) is 9.11. The molecule has 10 nitrogen and oxygen atoms in total. The first-order chi connectivity index (χ1) is 14.8. The summed E-state index contributed by atoms with van der Waals surface area (Å²) >= 11 is 0. The fourth-order valence-electron chi connectivity index (χ4n) is 3.86. The first kappa shape index (κ1) is 21.3. The average Bonchev–Trinajstić information content (AvgIpc) is 3.23. The summed E-state index contributed by atoms with van der Waals surface area (Å²) in [5.41, 5.74) is -0.256. The van der Waals surface area contributed by atoms with Gasteiger partial charge in [-0.3, -0.25) is 13.9 Å². The minimum atomic E-state index is -3.43. The molecule has 166 valence electrons. The molecule has 3 aromatic rings. The van der Waals surface area contributed by atoms with Crippen LogP contribution in [-0.4, -0.2) is 57.3 Å². The normalized spacial score (nSPS) is 16.1. The van der Waals surface area contributed by atoms with E-state index in [1.807, 2.05) is 18.2 Å². The summed E-state index contributed by atoms with van der Waals surface area (Å²) in [5, 5.41) is 0. The van der Waals surface area contributed by atoms with Crippen LogP contribution in [0.25, 0.3) is 11.2 Å². The molecule has 0 saturated carbocycles. The molecule has 3 heterocycles. The van der Waals surface area contributed by atoms with Crippen molar-refractivity contribution in [3.05, 3.63) is 57.0 Å². The Hall–Kier alpha value is -2.92. The van der Waals surface area contributed by atoms with Gasteiger partial charge in [0.05, 0.1) is 5.75 Å². The van der Waals surface area contributed by atoms with Gasteiger partial charge in [0.25, 0.3) is 5.56 Å². The Balaban J connectivity index is 1.41. The van der Waals surface area contributed by atoms with Crippen LogP contribution in [0.4, 0.5) is 0 Å². The van der Waals surface area contributed by atoms with E-state index in [1.165, 1.54) is 15.9 Å². The van der Waals surface area contributed by atoms with E-state index >= 15 is 0 Å². The van der Waals surface area contributed by atoms with Gasteiger partial charge >= 0.3 is 5.69 Å². The lowest BCUT2D eigenvalue weighted by Crippen LogP contribution is -2.40. The van der Waals surface area contributed by atoms with Gasteiger partial charge in [-0.1, -0.05) is 18.2 Å². The summed E-state index contributed by atoms with van der Waals surface area (Å²) in [4.78, 5) is 32.0. The number of aromatic amines is 1. The van der Waals surface area contributed by atoms with Crippen LogP contribution in [-0.2, 0) is 24.1 Å². The van der Waals surface area contributed by atoms with E-state index in [9.17, 15) is 18.0 Å². The largest absolute Gasteiger partial charge is 0.492 e. The zero-order valence-electron chi connectivity index (χ0n) is 17.4. The maximum atomic E-state index is 12.7. The van der Waals surface area contributed by atoms with Gasteiger partial charge in [-0.25, -0.2) is 22.5 Å². The number of nitrogens with one attached hydrogen (secondary N) is 1. The van der Waals surface area contributed by atoms with Gasteiger partial charge in [0, 0.05) is 33.1 Å². The predicted molar refractivity (Wildman–Crippen MR) is 116 cm³/mol. The molecule has 0 radical (unpaired) electrons. The Bertz CT molecular complexity index is 1300. The van der Waals surface area contributed by atoms with Crippen molar-refractivity contribution in [1.82, 2.24) is 23.4 Å². The summed E-state index contributed by atoms with van der Waals surface area (Å²) in [6.45, 7) is 0.825. The lowest BCUT2D eigenvalue weighted by molar-refractivity contribution is 0.304. The molecule has 4 rings (SSSR count). The lowest BCUT2D eigenvalue weighted by atomic mass is 9.98. The fourth-order valence-corrected chi connectivity index (χ4v) is 5.17. The Morgan fingerprint density at radius 2 is 1.77 bits per heavy atom. The highest BCUT2D eigenvalue weighted by atomic mass is 32.2. The van der Waals surface area contributed by atoms with Crippen LogP contribution in [0, 0.1) is 0 Å². The number of ether oxygens (including phenoxy) is 1. The lowest BCUT2D eigenvalue weighted by Gasteiger charge is -2.30. The predicted octanol–water partition coefficient (Wildman–Crippen LogP) is 0.548. The van der Waals surface area contributed by atoms with E-state index in [1.54, 1.807) is 19.2 Å². The molecule has 1 saturated heterocycles. The molecule has 0 unspecified atom stereocenters. The summed E-state index contributed by atoms with van der Waals surface area (Å²) in [6.07, 6.45) is 1.15. The standard InChI is InChI=1S/C20H25N5O5S/c1-23-18-16(19(26)24(2)20(23)27)21-17(22-18)14-8-10-25(11-9-14)31(28,29)13-12-30-15-6-4-3-5-7-15/h3-7,14H,8-13H2,1-2H3,(H,21,22). The summed E-state index contributed by atoms with van der Waals surface area (Å²) in [5.74, 6) is 1.15. The third-order valence-electron chi connectivity index (χ3n) is 5.70. The van der Waals surface area contributed by atoms with Crippen LogP contribution >= 0.6 is 0 Å². The number of aryl methyl sites for hydroxylation is 1. The average molecular weight is 448 g/mol. The van der Waals surface area contributed by atoms with Gasteiger partial charge in [-0.15, -0.1) is 0 Å². The van der Waals surface area contributed by atoms with E-state index in [2.05, 4.69) is 9.97 Å².